The lowest BCUT2D eigenvalue weighted by Gasteiger charge is -2.37. The maximum Gasteiger partial charge on any atom is 0.410 e. The summed E-state index contributed by atoms with van der Waals surface area (Å²) in [5.74, 6) is 0.709. The molecule has 278 valence electrons. The van der Waals surface area contributed by atoms with Gasteiger partial charge in [0.2, 0.25) is 0 Å². The number of halogens is 1. The van der Waals surface area contributed by atoms with E-state index >= 15 is 0 Å². The van der Waals surface area contributed by atoms with Crippen LogP contribution in [0.15, 0.2) is 102 Å². The van der Waals surface area contributed by atoms with Crippen molar-refractivity contribution >= 4 is 33.4 Å². The Morgan fingerprint density at radius 2 is 1.40 bits per heavy atom. The number of anilines is 1. The zero-order valence-electron chi connectivity index (χ0n) is 30.2. The average molecular weight is 759 g/mol. The summed E-state index contributed by atoms with van der Waals surface area (Å²) >= 11 is 6.91. The van der Waals surface area contributed by atoms with E-state index in [0.717, 1.165) is 20.8 Å². The van der Waals surface area contributed by atoms with Crippen molar-refractivity contribution in [3.8, 4) is 22.8 Å². The third-order valence-electron chi connectivity index (χ3n) is 8.63. The molecule has 4 aromatic carbocycles. The van der Waals surface area contributed by atoms with Crippen molar-refractivity contribution in [3.05, 3.63) is 124 Å². The molecule has 0 spiro atoms. The van der Waals surface area contributed by atoms with Crippen LogP contribution in [-0.2, 0) is 34.6 Å². The molecule has 0 bridgehead atoms. The second-order valence-electron chi connectivity index (χ2n) is 13.7. The number of hydrogen-bond acceptors (Lipinski definition) is 9. The average Bonchev–Trinajstić information content (AvgIpc) is 3.54. The number of aryl methyl sites for hydroxylation is 1. The van der Waals surface area contributed by atoms with E-state index < -0.39 is 28.3 Å². The summed E-state index contributed by atoms with van der Waals surface area (Å²) in [6, 6.07) is 29.0. The molecule has 1 amide bonds. The van der Waals surface area contributed by atoms with Gasteiger partial charge in [0.25, 0.3) is 10.0 Å². The first kappa shape index (κ1) is 37.7. The lowest BCUT2D eigenvalue weighted by Crippen LogP contribution is -2.50. The van der Waals surface area contributed by atoms with Gasteiger partial charge in [0, 0.05) is 37.8 Å². The van der Waals surface area contributed by atoms with E-state index in [4.69, 9.17) is 30.9 Å². The molecule has 0 radical (unpaired) electrons. The first-order valence-corrected chi connectivity index (χ1v) is 19.1. The Morgan fingerprint density at radius 3 is 1.94 bits per heavy atom. The highest BCUT2D eigenvalue weighted by molar-refractivity contribution is 7.89. The van der Waals surface area contributed by atoms with Crippen LogP contribution in [0.3, 0.4) is 0 Å². The number of piperazine rings is 1. The molecule has 1 aromatic heterocycles. The maximum absolute atomic E-state index is 14.2. The van der Waals surface area contributed by atoms with Crippen molar-refractivity contribution in [2.24, 2.45) is 0 Å². The van der Waals surface area contributed by atoms with Gasteiger partial charge in [-0.15, -0.1) is 0 Å². The molecule has 0 aliphatic carbocycles. The highest BCUT2D eigenvalue weighted by atomic mass is 35.5. The van der Waals surface area contributed by atoms with Crippen LogP contribution in [0.1, 0.15) is 43.2 Å². The number of aliphatic hydroxyl groups excluding tert-OH is 1. The number of nitrogens with zero attached hydrogens (tertiary/aromatic N) is 4. The van der Waals surface area contributed by atoms with Crippen LogP contribution in [0.2, 0.25) is 5.02 Å². The monoisotopic (exact) mass is 758 g/mol. The van der Waals surface area contributed by atoms with Crippen molar-refractivity contribution < 1.29 is 32.5 Å². The molecule has 0 saturated carbocycles. The number of carbonyl (C=O) groups excluding carboxylic acids is 1. The van der Waals surface area contributed by atoms with Gasteiger partial charge in [-0.05, 0) is 57.0 Å². The van der Waals surface area contributed by atoms with E-state index in [1.807, 2.05) is 93.3 Å². The number of hydrogen-bond donors (Lipinski definition) is 1. The van der Waals surface area contributed by atoms with Gasteiger partial charge in [0.05, 0.1) is 22.2 Å². The Hall–Kier alpha value is -5.04. The molecule has 5 aromatic rings. The van der Waals surface area contributed by atoms with Crippen molar-refractivity contribution in [1.82, 2.24) is 14.1 Å². The van der Waals surface area contributed by atoms with Crippen LogP contribution in [0.5, 0.6) is 11.5 Å². The van der Waals surface area contributed by atoms with Crippen molar-refractivity contribution in [1.29, 1.82) is 0 Å². The Morgan fingerprint density at radius 1 is 0.830 bits per heavy atom. The van der Waals surface area contributed by atoms with Gasteiger partial charge in [-0.2, -0.15) is 17.6 Å². The van der Waals surface area contributed by atoms with Crippen molar-refractivity contribution in [2.75, 3.05) is 31.1 Å². The molecule has 6 rings (SSSR count). The van der Waals surface area contributed by atoms with E-state index in [1.54, 1.807) is 29.2 Å². The molecule has 11 nitrogen and oxygen atoms in total. The van der Waals surface area contributed by atoms with E-state index in [0.29, 0.717) is 48.9 Å². The Balaban J connectivity index is 1.47. The van der Waals surface area contributed by atoms with E-state index in [-0.39, 0.29) is 34.5 Å². The number of aliphatic hydroxyl groups is 1. The molecule has 13 heteroatoms. The van der Waals surface area contributed by atoms with E-state index in [2.05, 4.69) is 0 Å². The SMILES string of the molecule is Cc1ccc(S(=O)(=O)n2nc(-c3cc(Cl)c(OCc4ccccc4)cc3OCc3ccccc3)c(N3CCN(C(=O)OC(C)(C)C)CC3)c2CO)cc1. The van der Waals surface area contributed by atoms with Gasteiger partial charge in [0.1, 0.15) is 41.7 Å². The van der Waals surface area contributed by atoms with Gasteiger partial charge in [-0.3, -0.25) is 0 Å². The summed E-state index contributed by atoms with van der Waals surface area (Å²) in [6.45, 7) is 8.29. The number of rotatable bonds is 11. The highest BCUT2D eigenvalue weighted by Crippen LogP contribution is 2.44. The first-order chi connectivity index (χ1) is 25.3. The number of benzene rings is 4. The summed E-state index contributed by atoms with van der Waals surface area (Å²) in [5, 5.41) is 15.9. The van der Waals surface area contributed by atoms with Crippen molar-refractivity contribution in [3.63, 3.8) is 0 Å². The predicted octanol–water partition coefficient (Wildman–Crippen LogP) is 7.46. The smallest absolute Gasteiger partial charge is 0.410 e. The summed E-state index contributed by atoms with van der Waals surface area (Å²) in [7, 11) is -4.28. The molecular formula is C40H43ClN4O7S. The molecule has 0 atom stereocenters. The fourth-order valence-corrected chi connectivity index (χ4v) is 7.46. The zero-order valence-corrected chi connectivity index (χ0v) is 31.7. The molecule has 1 saturated heterocycles. The number of carbonyl (C=O) groups is 1. The third kappa shape index (κ3) is 8.78. The Labute approximate surface area is 315 Å². The predicted molar refractivity (Wildman–Crippen MR) is 204 cm³/mol. The van der Waals surface area contributed by atoms with Gasteiger partial charge < -0.3 is 29.1 Å². The quantitative estimate of drug-likeness (QED) is 0.146. The topological polar surface area (TPSA) is 123 Å². The Kier molecular flexibility index (Phi) is 11.3. The lowest BCUT2D eigenvalue weighted by atomic mass is 10.1. The second kappa shape index (κ2) is 15.9. The molecule has 1 N–H and O–H groups in total. The molecule has 1 aliphatic rings. The fraction of sp³-hybridized carbons (Fsp3) is 0.300. The third-order valence-corrected chi connectivity index (χ3v) is 10.5. The number of aromatic nitrogens is 2. The maximum atomic E-state index is 14.2. The minimum absolute atomic E-state index is 0.0105. The van der Waals surface area contributed by atoms with Gasteiger partial charge in [-0.25, -0.2) is 4.79 Å². The van der Waals surface area contributed by atoms with Crippen LogP contribution < -0.4 is 14.4 Å². The van der Waals surface area contributed by atoms with Gasteiger partial charge in [0.15, 0.2) is 0 Å². The minimum atomic E-state index is -4.28. The van der Waals surface area contributed by atoms with Gasteiger partial charge >= 0.3 is 6.09 Å². The summed E-state index contributed by atoms with van der Waals surface area (Å²) < 4.78 is 47.6. The summed E-state index contributed by atoms with van der Waals surface area (Å²) in [4.78, 5) is 16.5. The minimum Gasteiger partial charge on any atom is -0.488 e. The van der Waals surface area contributed by atoms with E-state index in [1.165, 1.54) is 12.1 Å². The molecule has 1 fully saturated rings. The number of ether oxygens (including phenoxy) is 3. The van der Waals surface area contributed by atoms with Crippen LogP contribution in [0, 0.1) is 6.92 Å². The second-order valence-corrected chi connectivity index (χ2v) is 15.9. The zero-order chi connectivity index (χ0) is 37.8. The van der Waals surface area contributed by atoms with Crippen molar-refractivity contribution in [2.45, 2.75) is 58.0 Å². The first-order valence-electron chi connectivity index (χ1n) is 17.3. The lowest BCUT2D eigenvalue weighted by molar-refractivity contribution is 0.0240. The van der Waals surface area contributed by atoms with E-state index in [9.17, 15) is 18.3 Å². The molecule has 1 aliphatic heterocycles. The van der Waals surface area contributed by atoms with Crippen LogP contribution in [-0.4, -0.2) is 65.5 Å². The van der Waals surface area contributed by atoms with Gasteiger partial charge in [-0.1, -0.05) is 90.0 Å². The summed E-state index contributed by atoms with van der Waals surface area (Å²) in [5.41, 5.74) is 3.14. The molecule has 0 unspecified atom stereocenters. The van der Waals surface area contributed by atoms with Crippen LogP contribution >= 0.6 is 11.6 Å². The molecule has 2 heterocycles. The highest BCUT2D eigenvalue weighted by Gasteiger charge is 2.34. The normalized spacial score (nSPS) is 13.5. The Bertz CT molecular complexity index is 2150. The number of amides is 1. The van der Waals surface area contributed by atoms with Crippen LogP contribution in [0.4, 0.5) is 10.5 Å². The molecular weight excluding hydrogens is 716 g/mol. The standard InChI is InChI=1S/C40H43ClN4O7S/c1-28-15-17-31(18-16-28)53(48,49)45-34(25-46)38(43-19-21-44(22-20-43)39(47)52-40(2,3)4)37(42-45)32-23-33(41)36(51-27-30-13-9-6-10-14-30)24-35(32)50-26-29-11-7-5-8-12-29/h5-18,23-24,46H,19-22,25-27H2,1-4H3. The van der Waals surface area contributed by atoms with Crippen LogP contribution in [0.25, 0.3) is 11.3 Å². The fourth-order valence-electron chi connectivity index (χ4n) is 5.94. The molecule has 53 heavy (non-hydrogen) atoms. The summed E-state index contributed by atoms with van der Waals surface area (Å²) in [6.07, 6.45) is -0.438. The largest absolute Gasteiger partial charge is 0.488 e.